The van der Waals surface area contributed by atoms with Crippen molar-refractivity contribution in [2.75, 3.05) is 5.75 Å². The molecule has 4 rings (SSSR count). The lowest BCUT2D eigenvalue weighted by Crippen LogP contribution is -2.27. The normalized spacial score (nSPS) is 13.8. The first kappa shape index (κ1) is 19.0. The van der Waals surface area contributed by atoms with E-state index in [9.17, 15) is 9.59 Å². The number of hydrogen-bond donors (Lipinski definition) is 1. The molecule has 0 bridgehead atoms. The Morgan fingerprint density at radius 3 is 2.89 bits per heavy atom. The molecule has 0 spiro atoms. The molecule has 0 radical (unpaired) electrons. The highest BCUT2D eigenvalue weighted by Crippen LogP contribution is 2.31. The summed E-state index contributed by atoms with van der Waals surface area (Å²) < 4.78 is 3.25. The van der Waals surface area contributed by atoms with Crippen LogP contribution in [-0.2, 0) is 24.9 Å². The third-order valence-corrected chi connectivity index (χ3v) is 5.95. The van der Waals surface area contributed by atoms with Crippen molar-refractivity contribution in [3.8, 4) is 0 Å². The van der Waals surface area contributed by atoms with Gasteiger partial charge in [-0.25, -0.2) is 4.98 Å². The summed E-state index contributed by atoms with van der Waals surface area (Å²) in [5.41, 5.74) is 1.65. The van der Waals surface area contributed by atoms with E-state index in [0.29, 0.717) is 40.2 Å². The van der Waals surface area contributed by atoms with Crippen molar-refractivity contribution in [1.29, 1.82) is 0 Å². The van der Waals surface area contributed by atoms with Crippen molar-refractivity contribution in [2.24, 2.45) is 13.0 Å². The third-order valence-electron chi connectivity index (χ3n) is 4.61. The second-order valence-electron chi connectivity index (χ2n) is 6.95. The van der Waals surface area contributed by atoms with E-state index >= 15 is 0 Å². The molecule has 28 heavy (non-hydrogen) atoms. The van der Waals surface area contributed by atoms with Crippen molar-refractivity contribution in [3.05, 3.63) is 51.4 Å². The maximum absolute atomic E-state index is 12.8. The predicted molar refractivity (Wildman–Crippen MR) is 110 cm³/mol. The molecule has 146 valence electrons. The summed E-state index contributed by atoms with van der Waals surface area (Å²) in [6.45, 7) is 0.991. The van der Waals surface area contributed by atoms with Crippen molar-refractivity contribution in [2.45, 2.75) is 31.1 Å². The molecular formula is C19H20ClN5O2S. The molecule has 3 aromatic rings. The summed E-state index contributed by atoms with van der Waals surface area (Å²) in [6, 6.07) is 7.40. The summed E-state index contributed by atoms with van der Waals surface area (Å²) in [7, 11) is 1.77. The minimum atomic E-state index is -0.142. The Labute approximate surface area is 171 Å². The zero-order chi connectivity index (χ0) is 19.7. The highest BCUT2D eigenvalue weighted by Gasteiger charge is 2.25. The van der Waals surface area contributed by atoms with Gasteiger partial charge in [-0.3, -0.25) is 18.8 Å². The van der Waals surface area contributed by atoms with Gasteiger partial charge < -0.3 is 5.32 Å². The zero-order valence-corrected chi connectivity index (χ0v) is 17.0. The number of nitrogens with zero attached hydrogens (tertiary/aromatic N) is 4. The summed E-state index contributed by atoms with van der Waals surface area (Å²) in [5, 5.41) is 8.27. The van der Waals surface area contributed by atoms with Gasteiger partial charge in [-0.05, 0) is 30.4 Å². The Balaban J connectivity index is 1.48. The molecule has 1 aromatic carbocycles. The molecular weight excluding hydrogens is 398 g/mol. The Morgan fingerprint density at radius 2 is 2.14 bits per heavy atom. The van der Waals surface area contributed by atoms with Crippen LogP contribution in [0.4, 0.5) is 0 Å². The van der Waals surface area contributed by atoms with Gasteiger partial charge in [-0.2, -0.15) is 5.10 Å². The topological polar surface area (TPSA) is 81.8 Å². The largest absolute Gasteiger partial charge is 0.351 e. The van der Waals surface area contributed by atoms with Crippen molar-refractivity contribution in [1.82, 2.24) is 24.6 Å². The lowest BCUT2D eigenvalue weighted by atomic mass is 10.2. The lowest BCUT2D eigenvalue weighted by molar-refractivity contribution is -0.118. The number of amides is 1. The fourth-order valence-corrected chi connectivity index (χ4v) is 3.98. The van der Waals surface area contributed by atoms with Crippen LogP contribution in [0.15, 0.2) is 40.4 Å². The van der Waals surface area contributed by atoms with Gasteiger partial charge in [0.05, 0.1) is 11.9 Å². The fraction of sp³-hybridized carbons (Fsp3) is 0.368. The van der Waals surface area contributed by atoms with Gasteiger partial charge in [0.2, 0.25) is 5.91 Å². The number of aryl methyl sites for hydroxylation is 1. The molecule has 2 aromatic heterocycles. The van der Waals surface area contributed by atoms with Gasteiger partial charge in [0.15, 0.2) is 10.7 Å². The Kier molecular flexibility index (Phi) is 5.41. The fourth-order valence-electron chi connectivity index (χ4n) is 2.93. The molecule has 9 heteroatoms. The Hall–Kier alpha value is -2.32. The molecule has 0 atom stereocenters. The Morgan fingerprint density at radius 1 is 1.36 bits per heavy atom. The molecule has 1 N–H and O–H groups in total. The van der Waals surface area contributed by atoms with Gasteiger partial charge in [0, 0.05) is 25.2 Å². The van der Waals surface area contributed by atoms with E-state index in [4.69, 9.17) is 11.6 Å². The number of rotatable bonds is 7. The lowest BCUT2D eigenvalue weighted by Gasteiger charge is -2.11. The number of aromatic nitrogens is 4. The van der Waals surface area contributed by atoms with E-state index in [1.807, 2.05) is 18.2 Å². The van der Waals surface area contributed by atoms with Crippen LogP contribution in [0.1, 0.15) is 18.4 Å². The van der Waals surface area contributed by atoms with E-state index < -0.39 is 0 Å². The van der Waals surface area contributed by atoms with Crippen LogP contribution < -0.4 is 10.9 Å². The highest BCUT2D eigenvalue weighted by molar-refractivity contribution is 7.99. The first-order valence-corrected chi connectivity index (χ1v) is 10.4. The number of nitrogens with one attached hydrogen (secondary N) is 1. The predicted octanol–water partition coefficient (Wildman–Crippen LogP) is 2.60. The first-order chi connectivity index (χ1) is 13.5. The Bertz CT molecular complexity index is 1090. The minimum absolute atomic E-state index is 0.136. The smallest absolute Gasteiger partial charge is 0.282 e. The molecule has 0 unspecified atom stereocenters. The summed E-state index contributed by atoms with van der Waals surface area (Å²) in [6.07, 6.45) is 3.96. The summed E-state index contributed by atoms with van der Waals surface area (Å²) >= 11 is 7.39. The maximum Gasteiger partial charge on any atom is 0.282 e. The average Bonchev–Trinajstić information content (AvgIpc) is 3.41. The second-order valence-corrected chi connectivity index (χ2v) is 8.30. The van der Waals surface area contributed by atoms with Crippen LogP contribution in [0, 0.1) is 5.92 Å². The number of carbonyl (C=O) groups is 1. The number of carbonyl (C=O) groups excluding carboxylic acids is 1. The quantitative estimate of drug-likeness (QED) is 0.472. The maximum atomic E-state index is 12.8. The van der Waals surface area contributed by atoms with Crippen LogP contribution in [0.25, 0.3) is 11.0 Å². The van der Waals surface area contributed by atoms with Gasteiger partial charge in [0.25, 0.3) is 5.56 Å². The summed E-state index contributed by atoms with van der Waals surface area (Å²) in [5.74, 6) is 0.547. The van der Waals surface area contributed by atoms with Crippen LogP contribution in [0.3, 0.4) is 0 Å². The number of hydrogen-bond acceptors (Lipinski definition) is 5. The number of thioether (sulfide) groups is 1. The van der Waals surface area contributed by atoms with Gasteiger partial charge in [-0.1, -0.05) is 41.6 Å². The second kappa shape index (κ2) is 7.97. The van der Waals surface area contributed by atoms with Crippen molar-refractivity contribution < 1.29 is 4.79 Å². The number of fused-ring (bicyclic) bond motifs is 1. The van der Waals surface area contributed by atoms with Crippen molar-refractivity contribution >= 4 is 40.3 Å². The standard InChI is InChI=1S/C19H20ClN5O2S/c1-24-10-15-17(23-24)18(27)25(9-12-6-7-12)19(22-15)28-11-16(26)21-8-13-4-2-3-5-14(13)20/h2-5,10,12H,6-9,11H2,1H3,(H,21,26). The van der Waals surface area contributed by atoms with Gasteiger partial charge in [0.1, 0.15) is 5.52 Å². The third kappa shape index (κ3) is 4.23. The van der Waals surface area contributed by atoms with Crippen LogP contribution in [0.2, 0.25) is 5.02 Å². The molecule has 0 saturated heterocycles. The van der Waals surface area contributed by atoms with Crippen LogP contribution in [0.5, 0.6) is 0 Å². The van der Waals surface area contributed by atoms with E-state index in [0.717, 1.165) is 18.4 Å². The van der Waals surface area contributed by atoms with E-state index in [2.05, 4.69) is 15.4 Å². The molecule has 1 aliphatic carbocycles. The monoisotopic (exact) mass is 417 g/mol. The minimum Gasteiger partial charge on any atom is -0.351 e. The van der Waals surface area contributed by atoms with E-state index in [-0.39, 0.29) is 17.2 Å². The first-order valence-electron chi connectivity index (χ1n) is 9.08. The van der Waals surface area contributed by atoms with Gasteiger partial charge >= 0.3 is 0 Å². The van der Waals surface area contributed by atoms with Crippen LogP contribution in [-0.4, -0.2) is 31.0 Å². The molecule has 1 amide bonds. The zero-order valence-electron chi connectivity index (χ0n) is 15.4. The number of halogens is 1. The molecule has 0 aliphatic heterocycles. The highest BCUT2D eigenvalue weighted by atomic mass is 35.5. The van der Waals surface area contributed by atoms with Crippen LogP contribution >= 0.6 is 23.4 Å². The summed E-state index contributed by atoms with van der Waals surface area (Å²) in [4.78, 5) is 29.7. The molecule has 1 aliphatic rings. The molecule has 2 heterocycles. The van der Waals surface area contributed by atoms with E-state index in [1.54, 1.807) is 28.6 Å². The van der Waals surface area contributed by atoms with E-state index in [1.165, 1.54) is 11.8 Å². The molecule has 7 nitrogen and oxygen atoms in total. The average molecular weight is 418 g/mol. The van der Waals surface area contributed by atoms with Crippen molar-refractivity contribution in [3.63, 3.8) is 0 Å². The number of benzene rings is 1. The SMILES string of the molecule is Cn1cc2nc(SCC(=O)NCc3ccccc3Cl)n(CC3CC3)c(=O)c2n1. The molecule has 1 fully saturated rings. The van der Waals surface area contributed by atoms with Gasteiger partial charge in [-0.15, -0.1) is 0 Å². The molecule has 1 saturated carbocycles.